The van der Waals surface area contributed by atoms with Crippen LogP contribution < -0.4 is 0 Å². The van der Waals surface area contributed by atoms with E-state index in [4.69, 9.17) is 4.99 Å². The molecule has 1 fully saturated rings. The summed E-state index contributed by atoms with van der Waals surface area (Å²) in [5.41, 5.74) is 8.00. The van der Waals surface area contributed by atoms with Crippen molar-refractivity contribution < 1.29 is 4.79 Å². The monoisotopic (exact) mass is 497 g/mol. The van der Waals surface area contributed by atoms with Crippen molar-refractivity contribution in [3.63, 3.8) is 0 Å². The number of allylic oxidation sites excluding steroid dienone is 11. The second kappa shape index (κ2) is 14.3. The van der Waals surface area contributed by atoms with Crippen molar-refractivity contribution in [2.24, 2.45) is 15.9 Å². The quantitative estimate of drug-likeness (QED) is 0.142. The maximum Gasteiger partial charge on any atom is 0.183 e. The number of rotatable bonds is 9. The number of nitrogens with zero attached hydrogens (tertiary/aromatic N) is 3. The van der Waals surface area contributed by atoms with Crippen molar-refractivity contribution in [1.82, 2.24) is 4.90 Å². The van der Waals surface area contributed by atoms with Crippen LogP contribution >= 0.6 is 0 Å². The van der Waals surface area contributed by atoms with Crippen molar-refractivity contribution in [1.29, 1.82) is 0 Å². The summed E-state index contributed by atoms with van der Waals surface area (Å²) in [6.45, 7) is 26.4. The molecular weight excluding hydrogens is 454 g/mol. The molecule has 4 heteroatoms. The fourth-order valence-electron chi connectivity index (χ4n) is 4.46. The molecule has 4 nitrogen and oxygen atoms in total. The number of hydrogen-bond acceptors (Lipinski definition) is 4. The molecule has 1 saturated heterocycles. The largest absolute Gasteiger partial charge is 0.371 e. The second-order valence-corrected chi connectivity index (χ2v) is 9.81. The first-order valence-electron chi connectivity index (χ1n) is 13.0. The average molecular weight is 498 g/mol. The first-order valence-corrected chi connectivity index (χ1v) is 13.0. The van der Waals surface area contributed by atoms with Crippen molar-refractivity contribution in [2.45, 2.75) is 53.4 Å². The summed E-state index contributed by atoms with van der Waals surface area (Å²) < 4.78 is 0. The van der Waals surface area contributed by atoms with E-state index in [1.807, 2.05) is 32.1 Å². The summed E-state index contributed by atoms with van der Waals surface area (Å²) in [6.07, 6.45) is 17.3. The number of carbonyl (C=O) groups is 1. The Morgan fingerprint density at radius 3 is 2.57 bits per heavy atom. The number of ketones is 1. The highest BCUT2D eigenvalue weighted by Gasteiger charge is 2.18. The topological polar surface area (TPSA) is 45.0 Å². The minimum atomic E-state index is -0.124. The molecule has 2 heterocycles. The number of carbonyl (C=O) groups excluding carboxylic acids is 1. The number of aliphatic imine (C=N–C) groups is 2. The van der Waals surface area contributed by atoms with Gasteiger partial charge in [0.2, 0.25) is 0 Å². The lowest BCUT2D eigenvalue weighted by atomic mass is 9.92. The molecule has 0 radical (unpaired) electrons. The lowest BCUT2D eigenvalue weighted by Gasteiger charge is -2.23. The van der Waals surface area contributed by atoms with E-state index in [1.54, 1.807) is 13.1 Å². The Balaban J connectivity index is 2.43. The molecule has 0 aromatic carbocycles. The van der Waals surface area contributed by atoms with Crippen molar-refractivity contribution in [3.05, 3.63) is 108 Å². The van der Waals surface area contributed by atoms with Gasteiger partial charge in [-0.3, -0.25) is 14.8 Å². The molecule has 1 unspecified atom stereocenters. The lowest BCUT2D eigenvalue weighted by molar-refractivity contribution is -0.111. The van der Waals surface area contributed by atoms with E-state index in [9.17, 15) is 4.79 Å². The highest BCUT2D eigenvalue weighted by atomic mass is 16.1. The third kappa shape index (κ3) is 8.82. The van der Waals surface area contributed by atoms with E-state index < -0.39 is 0 Å². The van der Waals surface area contributed by atoms with E-state index in [-0.39, 0.29) is 11.7 Å². The highest BCUT2D eigenvalue weighted by molar-refractivity contribution is 6.19. The minimum Gasteiger partial charge on any atom is -0.371 e. The van der Waals surface area contributed by atoms with Crippen molar-refractivity contribution in [2.75, 3.05) is 20.1 Å². The summed E-state index contributed by atoms with van der Waals surface area (Å²) in [6, 6.07) is 0. The van der Waals surface area contributed by atoms with Crippen LogP contribution in [0.4, 0.5) is 0 Å². The first-order chi connectivity index (χ1) is 17.6. The standard InChI is InChI=1S/C33H43N3O/c1-10-24(5)19-26(7)30(23(3)4)21-31(34-9)32-22-33(37)27(8)20-28(35-32)14-15-29(11-2)36-17-12-13-25(6)16-18-36/h10-11,14-15,19,21-22,26H,1,3,6,8,12-13,16-18,20H2,2,4-5,7,9H3/b15-14-,24-19-,29-11+,30-21-,34-31?. The molecule has 1 atom stereocenters. The van der Waals surface area contributed by atoms with Gasteiger partial charge in [0, 0.05) is 44.0 Å². The van der Waals surface area contributed by atoms with Crippen LogP contribution in [0.25, 0.3) is 0 Å². The summed E-state index contributed by atoms with van der Waals surface area (Å²) >= 11 is 0. The molecule has 2 rings (SSSR count). The van der Waals surface area contributed by atoms with Gasteiger partial charge in [0.05, 0.1) is 11.4 Å². The minimum absolute atomic E-state index is 0.106. The van der Waals surface area contributed by atoms with E-state index in [2.05, 4.69) is 68.3 Å². The average Bonchev–Trinajstić information content (AvgIpc) is 3.15. The van der Waals surface area contributed by atoms with E-state index in [0.717, 1.165) is 60.5 Å². The summed E-state index contributed by atoms with van der Waals surface area (Å²) in [4.78, 5) is 24.6. The Bertz CT molecular complexity index is 1160. The third-order valence-corrected chi connectivity index (χ3v) is 6.69. The van der Waals surface area contributed by atoms with Gasteiger partial charge in [0.25, 0.3) is 0 Å². The maximum atomic E-state index is 12.8. The second-order valence-electron chi connectivity index (χ2n) is 9.81. The number of hydrogen-bond donors (Lipinski definition) is 0. The Morgan fingerprint density at radius 1 is 1.22 bits per heavy atom. The van der Waals surface area contributed by atoms with Crippen LogP contribution in [0.3, 0.4) is 0 Å². The van der Waals surface area contributed by atoms with Crippen LogP contribution in [0.1, 0.15) is 53.4 Å². The van der Waals surface area contributed by atoms with E-state index >= 15 is 0 Å². The molecule has 37 heavy (non-hydrogen) atoms. The van der Waals surface area contributed by atoms with Gasteiger partial charge in [0.1, 0.15) is 0 Å². The highest BCUT2D eigenvalue weighted by Crippen LogP contribution is 2.24. The SMILES string of the molecule is C=C/C(C)=C\C(C)/C(=C\C(=NC)C1=CC(=O)C(=C)CC(/C=C\C(=C/C)N2CCCC(=C)CC2)=N1)C(=C)C. The molecule has 2 aliphatic rings. The van der Waals surface area contributed by atoms with Crippen LogP contribution in [0, 0.1) is 5.92 Å². The van der Waals surface area contributed by atoms with Gasteiger partial charge in [-0.1, -0.05) is 68.2 Å². The van der Waals surface area contributed by atoms with Crippen molar-refractivity contribution >= 4 is 17.2 Å². The molecule has 0 saturated carbocycles. The van der Waals surface area contributed by atoms with Gasteiger partial charge < -0.3 is 4.90 Å². The first kappa shape index (κ1) is 29.7. The normalized spacial score (nSPS) is 19.9. The molecule has 0 aromatic heterocycles. The zero-order valence-electron chi connectivity index (χ0n) is 23.4. The van der Waals surface area contributed by atoms with Gasteiger partial charge in [-0.15, -0.1) is 0 Å². The maximum absolute atomic E-state index is 12.8. The lowest BCUT2D eigenvalue weighted by Crippen LogP contribution is -2.23. The van der Waals surface area contributed by atoms with Gasteiger partial charge in [0.15, 0.2) is 5.78 Å². The molecule has 0 spiro atoms. The van der Waals surface area contributed by atoms with E-state index in [1.165, 1.54) is 5.57 Å². The molecule has 2 aliphatic heterocycles. The van der Waals surface area contributed by atoms with E-state index in [0.29, 0.717) is 23.4 Å². The van der Waals surface area contributed by atoms with Gasteiger partial charge in [-0.2, -0.15) is 0 Å². The van der Waals surface area contributed by atoms with Gasteiger partial charge in [-0.25, -0.2) is 0 Å². The Labute approximate surface area is 224 Å². The molecule has 0 aliphatic carbocycles. The zero-order chi connectivity index (χ0) is 27.5. The van der Waals surface area contributed by atoms with Crippen LogP contribution in [0.2, 0.25) is 0 Å². The molecule has 0 amide bonds. The number of likely N-dealkylation sites (tertiary alicyclic amines) is 1. The molecule has 196 valence electrons. The predicted molar refractivity (Wildman–Crippen MR) is 161 cm³/mol. The molecule has 0 N–H and O–H groups in total. The van der Waals surface area contributed by atoms with Crippen LogP contribution in [-0.4, -0.2) is 42.2 Å². The Kier molecular flexibility index (Phi) is 11.5. The fourth-order valence-corrected chi connectivity index (χ4v) is 4.46. The molecule has 0 bridgehead atoms. The van der Waals surface area contributed by atoms with Crippen LogP contribution in [0.15, 0.2) is 118 Å². The molecule has 0 aromatic rings. The van der Waals surface area contributed by atoms with Crippen molar-refractivity contribution in [3.8, 4) is 0 Å². The third-order valence-electron chi connectivity index (χ3n) is 6.69. The Hall–Kier alpha value is -3.53. The van der Waals surface area contributed by atoms with Gasteiger partial charge in [-0.05, 0) is 75.3 Å². The predicted octanol–water partition coefficient (Wildman–Crippen LogP) is 7.68. The summed E-state index contributed by atoms with van der Waals surface area (Å²) in [7, 11) is 1.72. The summed E-state index contributed by atoms with van der Waals surface area (Å²) in [5.74, 6) is -0.0177. The Morgan fingerprint density at radius 2 is 1.95 bits per heavy atom. The fraction of sp³-hybridized carbons (Fsp3) is 0.364. The smallest absolute Gasteiger partial charge is 0.183 e. The molecular formula is C33H43N3O. The summed E-state index contributed by atoms with van der Waals surface area (Å²) in [5, 5.41) is 0. The van der Waals surface area contributed by atoms with Crippen LogP contribution in [-0.2, 0) is 4.79 Å². The van der Waals surface area contributed by atoms with Gasteiger partial charge >= 0.3 is 0 Å². The zero-order valence-corrected chi connectivity index (χ0v) is 23.4. The van der Waals surface area contributed by atoms with Crippen LogP contribution in [0.5, 0.6) is 0 Å².